The van der Waals surface area contributed by atoms with Gasteiger partial charge in [0.1, 0.15) is 5.69 Å². The monoisotopic (exact) mass is 347 g/mol. The number of rotatable bonds is 3. The Morgan fingerprint density at radius 2 is 2.08 bits per heavy atom. The molecule has 2 fully saturated rings. The molecule has 1 saturated heterocycles. The van der Waals surface area contributed by atoms with E-state index in [-0.39, 0.29) is 31.3 Å². The van der Waals surface area contributed by atoms with E-state index < -0.39 is 11.3 Å². The van der Waals surface area contributed by atoms with E-state index in [1.54, 1.807) is 6.07 Å². The first-order valence-corrected chi connectivity index (χ1v) is 8.33. The average molecular weight is 347 g/mol. The number of halogens is 2. The molecule has 1 aromatic carbocycles. The summed E-state index contributed by atoms with van der Waals surface area (Å²) in [5.41, 5.74) is 1.30. The van der Waals surface area contributed by atoms with Crippen molar-refractivity contribution in [3.05, 3.63) is 35.5 Å². The number of hydrogen-bond donors (Lipinski definition) is 2. The molecule has 1 spiro atoms. The van der Waals surface area contributed by atoms with Crippen molar-refractivity contribution in [1.29, 1.82) is 0 Å². The molecule has 7 heteroatoms. The van der Waals surface area contributed by atoms with Gasteiger partial charge >= 0.3 is 0 Å². The Morgan fingerprint density at radius 3 is 2.76 bits per heavy atom. The quantitative estimate of drug-likeness (QED) is 0.896. The zero-order valence-electron chi connectivity index (χ0n) is 13.9. The number of carbonyl (C=O) groups excluding carboxylic acids is 2. The maximum Gasteiger partial charge on any atom is 0.268 e. The molecule has 2 aromatic rings. The second-order valence-corrected chi connectivity index (χ2v) is 7.18. The van der Waals surface area contributed by atoms with Gasteiger partial charge < -0.3 is 15.2 Å². The average Bonchev–Trinajstić information content (AvgIpc) is 2.93. The van der Waals surface area contributed by atoms with Crippen molar-refractivity contribution in [2.45, 2.75) is 25.7 Å². The van der Waals surface area contributed by atoms with Crippen molar-refractivity contribution in [3.8, 4) is 0 Å². The number of amides is 2. The summed E-state index contributed by atoms with van der Waals surface area (Å²) in [5, 5.41) is 3.50. The van der Waals surface area contributed by atoms with E-state index in [1.807, 2.05) is 25.1 Å². The van der Waals surface area contributed by atoms with Gasteiger partial charge in [-0.25, -0.2) is 8.78 Å². The van der Waals surface area contributed by atoms with Crippen LogP contribution in [0.1, 0.15) is 28.9 Å². The largest absolute Gasteiger partial charge is 0.351 e. The van der Waals surface area contributed by atoms with Gasteiger partial charge in [0.05, 0.1) is 12.0 Å². The number of benzene rings is 1. The van der Waals surface area contributed by atoms with E-state index in [1.165, 1.54) is 4.90 Å². The molecule has 1 saturated carbocycles. The Hall–Kier alpha value is -2.44. The number of aromatic nitrogens is 1. The van der Waals surface area contributed by atoms with Crippen molar-refractivity contribution in [2.24, 2.45) is 5.41 Å². The number of likely N-dealkylation sites (tertiary alicyclic amines) is 1. The molecule has 4 rings (SSSR count). The predicted molar refractivity (Wildman–Crippen MR) is 88.6 cm³/mol. The molecule has 1 aliphatic carbocycles. The fourth-order valence-corrected chi connectivity index (χ4v) is 3.65. The molecule has 25 heavy (non-hydrogen) atoms. The fraction of sp³-hybridized carbons (Fsp3) is 0.444. The first-order valence-electron chi connectivity index (χ1n) is 8.33. The normalized spacial score (nSPS) is 24.0. The van der Waals surface area contributed by atoms with E-state index in [2.05, 4.69) is 10.3 Å². The molecule has 1 atom stereocenters. The summed E-state index contributed by atoms with van der Waals surface area (Å²) >= 11 is 0. The molecule has 1 aromatic heterocycles. The summed E-state index contributed by atoms with van der Waals surface area (Å²) in [5.74, 6) is -3.35. The van der Waals surface area contributed by atoms with Crippen LogP contribution in [0.5, 0.6) is 0 Å². The second-order valence-electron chi connectivity index (χ2n) is 7.18. The number of alkyl halides is 2. The SMILES string of the molecule is Cc1ccc2[nH]c(C(=O)NCC(=O)N3CC[C@]4(C3)CC4(F)F)cc2c1. The van der Waals surface area contributed by atoms with Gasteiger partial charge in [0.2, 0.25) is 5.91 Å². The van der Waals surface area contributed by atoms with Crippen LogP contribution in [0.4, 0.5) is 8.78 Å². The first-order chi connectivity index (χ1) is 11.8. The van der Waals surface area contributed by atoms with E-state index in [0.29, 0.717) is 18.7 Å². The minimum Gasteiger partial charge on any atom is -0.351 e. The summed E-state index contributed by atoms with van der Waals surface area (Å²) in [7, 11) is 0. The van der Waals surface area contributed by atoms with Crippen LogP contribution in [0.2, 0.25) is 0 Å². The number of carbonyl (C=O) groups is 2. The van der Waals surface area contributed by atoms with Crippen LogP contribution >= 0.6 is 0 Å². The van der Waals surface area contributed by atoms with Crippen molar-refractivity contribution < 1.29 is 18.4 Å². The molecule has 1 aliphatic heterocycles. The van der Waals surface area contributed by atoms with Crippen LogP contribution in [0.15, 0.2) is 24.3 Å². The lowest BCUT2D eigenvalue weighted by atomic mass is 10.1. The smallest absolute Gasteiger partial charge is 0.268 e. The Labute approximate surface area is 143 Å². The number of aryl methyl sites for hydroxylation is 1. The van der Waals surface area contributed by atoms with Gasteiger partial charge in [0.25, 0.3) is 11.8 Å². The minimum atomic E-state index is -2.65. The van der Waals surface area contributed by atoms with Crippen molar-refractivity contribution >= 4 is 22.7 Å². The first kappa shape index (κ1) is 16.1. The van der Waals surface area contributed by atoms with Crippen LogP contribution in [-0.2, 0) is 4.79 Å². The summed E-state index contributed by atoms with van der Waals surface area (Å²) in [6, 6.07) is 7.54. The van der Waals surface area contributed by atoms with E-state index in [0.717, 1.165) is 16.5 Å². The lowest BCUT2D eigenvalue weighted by molar-refractivity contribution is -0.129. The van der Waals surface area contributed by atoms with Gasteiger partial charge in [-0.2, -0.15) is 0 Å². The summed E-state index contributed by atoms with van der Waals surface area (Å²) in [6.07, 6.45) is 0.200. The van der Waals surface area contributed by atoms with Crippen molar-refractivity contribution in [2.75, 3.05) is 19.6 Å². The summed E-state index contributed by atoms with van der Waals surface area (Å²) in [6.45, 7) is 2.20. The zero-order chi connectivity index (χ0) is 17.8. The van der Waals surface area contributed by atoms with Gasteiger partial charge in [-0.15, -0.1) is 0 Å². The molecule has 2 N–H and O–H groups in total. The van der Waals surface area contributed by atoms with Crippen LogP contribution in [0.3, 0.4) is 0 Å². The van der Waals surface area contributed by atoms with Gasteiger partial charge in [-0.1, -0.05) is 11.6 Å². The van der Waals surface area contributed by atoms with Gasteiger partial charge in [0.15, 0.2) is 0 Å². The van der Waals surface area contributed by atoms with E-state index in [9.17, 15) is 18.4 Å². The number of hydrogen-bond acceptors (Lipinski definition) is 2. The Morgan fingerprint density at radius 1 is 1.32 bits per heavy atom. The van der Waals surface area contributed by atoms with Crippen molar-refractivity contribution in [3.63, 3.8) is 0 Å². The fourth-order valence-electron chi connectivity index (χ4n) is 3.65. The number of aromatic amines is 1. The Bertz CT molecular complexity index is 876. The molecule has 2 aliphatic rings. The van der Waals surface area contributed by atoms with Gasteiger partial charge in [-0.05, 0) is 31.5 Å². The highest BCUT2D eigenvalue weighted by atomic mass is 19.3. The predicted octanol–water partition coefficient (Wildman–Crippen LogP) is 2.46. The highest BCUT2D eigenvalue weighted by Gasteiger charge is 2.72. The molecular formula is C18H19F2N3O2. The summed E-state index contributed by atoms with van der Waals surface area (Å²) < 4.78 is 26.8. The number of H-pyrrole nitrogens is 1. The maximum absolute atomic E-state index is 13.4. The molecule has 0 bridgehead atoms. The zero-order valence-corrected chi connectivity index (χ0v) is 13.9. The molecule has 132 valence electrons. The highest BCUT2D eigenvalue weighted by Crippen LogP contribution is 2.64. The second kappa shape index (κ2) is 5.28. The van der Waals surface area contributed by atoms with Gasteiger partial charge in [0, 0.05) is 30.4 Å². The molecule has 2 heterocycles. The third-order valence-corrected chi connectivity index (χ3v) is 5.34. The molecule has 2 amide bonds. The molecule has 0 radical (unpaired) electrons. The number of nitrogens with one attached hydrogen (secondary N) is 2. The lowest BCUT2D eigenvalue weighted by Gasteiger charge is -2.16. The van der Waals surface area contributed by atoms with Crippen LogP contribution < -0.4 is 5.32 Å². The van der Waals surface area contributed by atoms with Crippen LogP contribution in [-0.4, -0.2) is 47.3 Å². The Kier molecular flexibility index (Phi) is 3.39. The lowest BCUT2D eigenvalue weighted by Crippen LogP contribution is -2.39. The maximum atomic E-state index is 13.4. The molecular weight excluding hydrogens is 328 g/mol. The van der Waals surface area contributed by atoms with Crippen LogP contribution in [0, 0.1) is 12.3 Å². The standard InChI is InChI=1S/C18H19F2N3O2/c1-11-2-3-13-12(6-11)7-14(22-13)16(25)21-8-15(24)23-5-4-17(10-23)9-18(17,19)20/h2-3,6-7,22H,4-5,8-10H2,1H3,(H,21,25)/t17-/m1/s1. The van der Waals surface area contributed by atoms with Crippen molar-refractivity contribution in [1.82, 2.24) is 15.2 Å². The summed E-state index contributed by atoms with van der Waals surface area (Å²) in [4.78, 5) is 28.8. The number of fused-ring (bicyclic) bond motifs is 1. The van der Waals surface area contributed by atoms with E-state index >= 15 is 0 Å². The molecule has 5 nitrogen and oxygen atoms in total. The molecule has 0 unspecified atom stereocenters. The highest BCUT2D eigenvalue weighted by molar-refractivity contribution is 5.99. The number of nitrogens with zero attached hydrogens (tertiary/aromatic N) is 1. The third kappa shape index (κ3) is 2.67. The van der Waals surface area contributed by atoms with E-state index in [4.69, 9.17) is 0 Å². The topological polar surface area (TPSA) is 65.2 Å². The van der Waals surface area contributed by atoms with Crippen LogP contribution in [0.25, 0.3) is 10.9 Å². The minimum absolute atomic E-state index is 0.0837. The third-order valence-electron chi connectivity index (χ3n) is 5.34. The van der Waals surface area contributed by atoms with Gasteiger partial charge in [-0.3, -0.25) is 9.59 Å². The Balaban J connectivity index is 1.36.